The summed E-state index contributed by atoms with van der Waals surface area (Å²) in [5, 5.41) is 25.5. The molecule has 132 valence electrons. The number of likely N-dealkylation sites (tertiary alicyclic amines) is 1. The first-order valence-corrected chi connectivity index (χ1v) is 8.60. The smallest absolute Gasteiger partial charge is 0.407 e. The van der Waals surface area contributed by atoms with E-state index in [9.17, 15) is 9.90 Å². The highest BCUT2D eigenvalue weighted by Crippen LogP contribution is 2.39. The lowest BCUT2D eigenvalue weighted by molar-refractivity contribution is 0.152. The Morgan fingerprint density at radius 3 is 2.76 bits per heavy atom. The number of hydrogen-bond acceptors (Lipinski definition) is 5. The maximum absolute atomic E-state index is 11.2. The minimum atomic E-state index is -0.816. The van der Waals surface area contributed by atoms with E-state index >= 15 is 0 Å². The number of carboxylic acid groups (broad SMARTS) is 1. The van der Waals surface area contributed by atoms with Gasteiger partial charge in [-0.3, -0.25) is 4.68 Å². The number of aromatic nitrogens is 4. The van der Waals surface area contributed by atoms with Gasteiger partial charge in [-0.2, -0.15) is 5.10 Å². The summed E-state index contributed by atoms with van der Waals surface area (Å²) >= 11 is 0. The second kappa shape index (κ2) is 6.02. The largest absolute Gasteiger partial charge is 0.465 e. The van der Waals surface area contributed by atoms with Crippen molar-refractivity contribution in [3.8, 4) is 11.4 Å². The fourth-order valence-electron chi connectivity index (χ4n) is 4.24. The van der Waals surface area contributed by atoms with Crippen LogP contribution in [-0.2, 0) is 7.05 Å². The van der Waals surface area contributed by atoms with Gasteiger partial charge in [0.25, 0.3) is 0 Å². The topological polar surface area (TPSA) is 96.2 Å². The molecule has 0 spiro atoms. The molecular weight excluding hydrogens is 320 g/mol. The third-order valence-corrected chi connectivity index (χ3v) is 5.49. The fourth-order valence-corrected chi connectivity index (χ4v) is 4.24. The number of rotatable bonds is 3. The van der Waals surface area contributed by atoms with Gasteiger partial charge in [0, 0.05) is 32.1 Å². The van der Waals surface area contributed by atoms with Crippen LogP contribution in [0.3, 0.4) is 0 Å². The zero-order chi connectivity index (χ0) is 17.6. The van der Waals surface area contributed by atoms with Gasteiger partial charge in [-0.15, -0.1) is 10.2 Å². The van der Waals surface area contributed by atoms with Crippen LogP contribution in [0.4, 0.5) is 10.6 Å². The maximum atomic E-state index is 11.2. The molecule has 3 unspecified atom stereocenters. The average molecular weight is 342 g/mol. The first kappa shape index (κ1) is 15.9. The second-order valence-electron chi connectivity index (χ2n) is 7.04. The summed E-state index contributed by atoms with van der Waals surface area (Å²) in [6.45, 7) is 3.27. The fraction of sp³-hybridized carbons (Fsp3) is 0.529. The summed E-state index contributed by atoms with van der Waals surface area (Å²) in [6.07, 6.45) is 3.11. The van der Waals surface area contributed by atoms with Gasteiger partial charge in [-0.25, -0.2) is 4.79 Å². The van der Waals surface area contributed by atoms with Crippen LogP contribution in [0.15, 0.2) is 18.3 Å². The van der Waals surface area contributed by atoms with Crippen LogP contribution in [0, 0.1) is 18.8 Å². The molecule has 1 aliphatic carbocycles. The molecule has 2 aromatic heterocycles. The van der Waals surface area contributed by atoms with Crippen LogP contribution in [0.25, 0.3) is 11.4 Å². The van der Waals surface area contributed by atoms with Crippen molar-refractivity contribution >= 4 is 11.9 Å². The van der Waals surface area contributed by atoms with Gasteiger partial charge in [-0.05, 0) is 43.4 Å². The van der Waals surface area contributed by atoms with E-state index in [0.717, 1.165) is 35.6 Å². The first-order chi connectivity index (χ1) is 12.0. The van der Waals surface area contributed by atoms with Crippen molar-refractivity contribution in [3.05, 3.63) is 23.9 Å². The Labute approximate surface area is 145 Å². The van der Waals surface area contributed by atoms with Gasteiger partial charge < -0.3 is 15.3 Å². The molecule has 2 fully saturated rings. The molecule has 0 radical (unpaired) electrons. The van der Waals surface area contributed by atoms with Crippen LogP contribution in [0.1, 0.15) is 18.4 Å². The summed E-state index contributed by atoms with van der Waals surface area (Å²) in [5.74, 6) is 1.55. The number of amides is 1. The van der Waals surface area contributed by atoms with E-state index in [2.05, 4.69) is 20.6 Å². The van der Waals surface area contributed by atoms with E-state index in [1.54, 1.807) is 4.68 Å². The van der Waals surface area contributed by atoms with E-state index in [-0.39, 0.29) is 6.04 Å². The van der Waals surface area contributed by atoms with E-state index in [4.69, 9.17) is 0 Å². The molecule has 4 rings (SSSR count). The average Bonchev–Trinajstić information content (AvgIpc) is 3.25. The highest BCUT2D eigenvalue weighted by Gasteiger charge is 2.44. The summed E-state index contributed by atoms with van der Waals surface area (Å²) in [5.41, 5.74) is 2.83. The molecule has 1 saturated carbocycles. The molecule has 8 heteroatoms. The van der Waals surface area contributed by atoms with E-state index in [1.807, 2.05) is 32.3 Å². The summed E-state index contributed by atoms with van der Waals surface area (Å²) in [4.78, 5) is 12.7. The van der Waals surface area contributed by atoms with Gasteiger partial charge in [0.15, 0.2) is 0 Å². The lowest BCUT2D eigenvalue weighted by Gasteiger charge is -2.21. The van der Waals surface area contributed by atoms with Gasteiger partial charge in [0.05, 0.1) is 11.9 Å². The van der Waals surface area contributed by atoms with Crippen LogP contribution < -0.4 is 5.32 Å². The van der Waals surface area contributed by atoms with Crippen molar-refractivity contribution in [2.45, 2.75) is 25.8 Å². The lowest BCUT2D eigenvalue weighted by Crippen LogP contribution is -2.32. The van der Waals surface area contributed by atoms with Crippen molar-refractivity contribution < 1.29 is 9.90 Å². The predicted octanol–water partition coefficient (Wildman–Crippen LogP) is 1.99. The summed E-state index contributed by atoms with van der Waals surface area (Å²) < 4.78 is 1.80. The van der Waals surface area contributed by atoms with Crippen LogP contribution in [-0.4, -0.2) is 55.2 Å². The van der Waals surface area contributed by atoms with Gasteiger partial charge in [0.2, 0.25) is 0 Å². The molecule has 2 aromatic rings. The molecule has 3 heterocycles. The van der Waals surface area contributed by atoms with Crippen molar-refractivity contribution in [2.75, 3.05) is 18.4 Å². The van der Waals surface area contributed by atoms with Crippen LogP contribution in [0.2, 0.25) is 0 Å². The van der Waals surface area contributed by atoms with Crippen LogP contribution in [0.5, 0.6) is 0 Å². The molecule has 2 aliphatic rings. The number of anilines is 1. The summed E-state index contributed by atoms with van der Waals surface area (Å²) in [7, 11) is 1.89. The Morgan fingerprint density at radius 1 is 1.28 bits per heavy atom. The lowest BCUT2D eigenvalue weighted by atomic mass is 9.98. The first-order valence-electron chi connectivity index (χ1n) is 8.60. The SMILES string of the molecule is Cc1cnn(C)c1-c1ccc(NC2CCC3CN(C(=O)O)CC32)nn1. The number of carbonyl (C=O) groups is 1. The van der Waals surface area contributed by atoms with E-state index < -0.39 is 6.09 Å². The van der Waals surface area contributed by atoms with E-state index in [0.29, 0.717) is 24.9 Å². The van der Waals surface area contributed by atoms with Crippen LogP contribution >= 0.6 is 0 Å². The molecule has 1 aliphatic heterocycles. The number of hydrogen-bond donors (Lipinski definition) is 2. The standard InChI is InChI=1S/C17H22N6O2/c1-10-7-18-22(2)16(10)14-5-6-15(21-20-14)19-13-4-3-11-8-23(17(24)25)9-12(11)13/h5-7,11-13H,3-4,8-9H2,1-2H3,(H,19,21)(H,24,25). The Bertz CT molecular complexity index is 767. The Kier molecular flexibility index (Phi) is 3.82. The van der Waals surface area contributed by atoms with Crippen molar-refractivity contribution in [2.24, 2.45) is 18.9 Å². The highest BCUT2D eigenvalue weighted by atomic mass is 16.4. The van der Waals surface area contributed by atoms with Crippen molar-refractivity contribution in [1.82, 2.24) is 24.9 Å². The number of nitrogens with zero attached hydrogens (tertiary/aromatic N) is 5. The molecule has 2 N–H and O–H groups in total. The van der Waals surface area contributed by atoms with E-state index in [1.165, 1.54) is 4.90 Å². The molecule has 8 nitrogen and oxygen atoms in total. The maximum Gasteiger partial charge on any atom is 0.407 e. The number of nitrogens with one attached hydrogen (secondary N) is 1. The normalized spacial score (nSPS) is 25.2. The Morgan fingerprint density at radius 2 is 2.12 bits per heavy atom. The minimum absolute atomic E-state index is 0.257. The molecular formula is C17H22N6O2. The molecule has 0 aromatic carbocycles. The minimum Gasteiger partial charge on any atom is -0.465 e. The predicted molar refractivity (Wildman–Crippen MR) is 92.2 cm³/mol. The molecule has 1 saturated heterocycles. The molecule has 25 heavy (non-hydrogen) atoms. The Balaban J connectivity index is 1.46. The monoisotopic (exact) mass is 342 g/mol. The molecule has 3 atom stereocenters. The third kappa shape index (κ3) is 2.81. The van der Waals surface area contributed by atoms with Gasteiger partial charge >= 0.3 is 6.09 Å². The van der Waals surface area contributed by atoms with Gasteiger partial charge in [0.1, 0.15) is 11.5 Å². The zero-order valence-corrected chi connectivity index (χ0v) is 14.4. The summed E-state index contributed by atoms with van der Waals surface area (Å²) in [6, 6.07) is 4.14. The number of aryl methyl sites for hydroxylation is 2. The zero-order valence-electron chi connectivity index (χ0n) is 14.4. The Hall–Kier alpha value is -2.64. The van der Waals surface area contributed by atoms with Crippen molar-refractivity contribution in [1.29, 1.82) is 0 Å². The highest BCUT2D eigenvalue weighted by molar-refractivity contribution is 5.65. The second-order valence-corrected chi connectivity index (χ2v) is 7.04. The number of fused-ring (bicyclic) bond motifs is 1. The molecule has 1 amide bonds. The van der Waals surface area contributed by atoms with Gasteiger partial charge in [-0.1, -0.05) is 0 Å². The van der Waals surface area contributed by atoms with Crippen molar-refractivity contribution in [3.63, 3.8) is 0 Å². The quantitative estimate of drug-likeness (QED) is 0.885. The third-order valence-electron chi connectivity index (χ3n) is 5.49. The molecule has 0 bridgehead atoms.